The maximum absolute atomic E-state index is 12.7. The van der Waals surface area contributed by atoms with Gasteiger partial charge in [-0.25, -0.2) is 0 Å². The Morgan fingerprint density at radius 3 is 2.48 bits per heavy atom. The number of carbonyl (C=O) groups excluding carboxylic acids is 2. The minimum absolute atomic E-state index is 0.126. The van der Waals surface area contributed by atoms with Gasteiger partial charge in [0.15, 0.2) is 0 Å². The summed E-state index contributed by atoms with van der Waals surface area (Å²) in [6.45, 7) is 8.06. The zero-order valence-electron chi connectivity index (χ0n) is 19.4. The molecule has 0 aliphatic carbocycles. The first-order valence-corrected chi connectivity index (χ1v) is 11.8. The third-order valence-electron chi connectivity index (χ3n) is 6.59. The van der Waals surface area contributed by atoms with Crippen LogP contribution in [0.5, 0.6) is 0 Å². The van der Waals surface area contributed by atoms with E-state index < -0.39 is 6.10 Å². The van der Waals surface area contributed by atoms with Gasteiger partial charge in [-0.2, -0.15) is 0 Å². The SMILES string of the molecule is CC(=O)N1CCN(Cc2cccc(C(=O)NCC(O)CN3CCc4ccccc4C3)c2)CC1. The molecule has 0 spiro atoms. The molecule has 2 aromatic rings. The number of β-amino-alcohol motifs (C(OH)–C–C–N with tert-alkyl or cyclic N) is 1. The Hall–Kier alpha value is -2.74. The number of hydrogen-bond donors (Lipinski definition) is 2. The van der Waals surface area contributed by atoms with Crippen molar-refractivity contribution in [1.29, 1.82) is 0 Å². The molecule has 2 heterocycles. The van der Waals surface area contributed by atoms with E-state index in [1.807, 2.05) is 23.1 Å². The van der Waals surface area contributed by atoms with E-state index in [-0.39, 0.29) is 18.4 Å². The highest BCUT2D eigenvalue weighted by molar-refractivity contribution is 5.94. The molecule has 2 aliphatic heterocycles. The van der Waals surface area contributed by atoms with Crippen LogP contribution in [0, 0.1) is 0 Å². The molecule has 1 saturated heterocycles. The smallest absolute Gasteiger partial charge is 0.251 e. The van der Waals surface area contributed by atoms with Crippen LogP contribution in [-0.2, 0) is 24.3 Å². The van der Waals surface area contributed by atoms with E-state index in [2.05, 4.69) is 39.4 Å². The van der Waals surface area contributed by atoms with Gasteiger partial charge >= 0.3 is 0 Å². The summed E-state index contributed by atoms with van der Waals surface area (Å²) in [6.07, 6.45) is 0.381. The molecule has 2 N–H and O–H groups in total. The van der Waals surface area contributed by atoms with Crippen molar-refractivity contribution in [3.63, 3.8) is 0 Å². The lowest BCUT2D eigenvalue weighted by Gasteiger charge is -2.34. The molecule has 1 fully saturated rings. The summed E-state index contributed by atoms with van der Waals surface area (Å²) >= 11 is 0. The van der Waals surface area contributed by atoms with E-state index >= 15 is 0 Å². The highest BCUT2D eigenvalue weighted by Crippen LogP contribution is 2.18. The Labute approximate surface area is 196 Å². The Bertz CT molecular complexity index is 972. The van der Waals surface area contributed by atoms with Crippen LogP contribution in [0.15, 0.2) is 48.5 Å². The number of hydrogen-bond acceptors (Lipinski definition) is 5. The van der Waals surface area contributed by atoms with Crippen molar-refractivity contribution in [2.45, 2.75) is 32.5 Å². The van der Waals surface area contributed by atoms with Gasteiger partial charge in [0.1, 0.15) is 0 Å². The number of aliphatic hydroxyl groups excluding tert-OH is 1. The number of aliphatic hydroxyl groups is 1. The maximum atomic E-state index is 12.7. The van der Waals surface area contributed by atoms with Crippen LogP contribution in [0.2, 0.25) is 0 Å². The van der Waals surface area contributed by atoms with Gasteiger partial charge in [0.25, 0.3) is 5.91 Å². The highest BCUT2D eigenvalue weighted by Gasteiger charge is 2.20. The Balaban J connectivity index is 1.23. The Kier molecular flexibility index (Phi) is 7.75. The molecule has 0 saturated carbocycles. The number of amides is 2. The van der Waals surface area contributed by atoms with Gasteiger partial charge < -0.3 is 15.3 Å². The van der Waals surface area contributed by atoms with Gasteiger partial charge in [-0.3, -0.25) is 19.4 Å². The molecule has 0 radical (unpaired) electrons. The van der Waals surface area contributed by atoms with E-state index in [0.29, 0.717) is 12.1 Å². The molecule has 7 heteroatoms. The first-order chi connectivity index (χ1) is 16.0. The Morgan fingerprint density at radius 2 is 1.73 bits per heavy atom. The molecule has 4 rings (SSSR count). The number of rotatable bonds is 7. The molecule has 2 aromatic carbocycles. The molecule has 176 valence electrons. The van der Waals surface area contributed by atoms with E-state index in [1.54, 1.807) is 13.0 Å². The predicted octanol–water partition coefficient (Wildman–Crippen LogP) is 1.50. The summed E-state index contributed by atoms with van der Waals surface area (Å²) < 4.78 is 0. The quantitative estimate of drug-likeness (QED) is 0.669. The molecule has 2 aliphatic rings. The molecular weight excluding hydrogens is 416 g/mol. The average Bonchev–Trinajstić information content (AvgIpc) is 2.83. The van der Waals surface area contributed by atoms with Crippen molar-refractivity contribution in [2.24, 2.45) is 0 Å². The van der Waals surface area contributed by atoms with E-state index in [4.69, 9.17) is 0 Å². The van der Waals surface area contributed by atoms with Crippen LogP contribution in [0.1, 0.15) is 34.0 Å². The summed E-state index contributed by atoms with van der Waals surface area (Å²) in [5, 5.41) is 13.4. The van der Waals surface area contributed by atoms with Crippen molar-refractivity contribution >= 4 is 11.8 Å². The van der Waals surface area contributed by atoms with Crippen LogP contribution in [0.4, 0.5) is 0 Å². The summed E-state index contributed by atoms with van der Waals surface area (Å²) in [5.41, 5.74) is 4.39. The lowest BCUT2D eigenvalue weighted by Crippen LogP contribution is -2.47. The van der Waals surface area contributed by atoms with Crippen LogP contribution < -0.4 is 5.32 Å². The monoisotopic (exact) mass is 450 g/mol. The van der Waals surface area contributed by atoms with Crippen LogP contribution in [0.25, 0.3) is 0 Å². The zero-order chi connectivity index (χ0) is 23.2. The summed E-state index contributed by atoms with van der Waals surface area (Å²) in [4.78, 5) is 30.6. The van der Waals surface area contributed by atoms with Gasteiger partial charge in [0.2, 0.25) is 5.91 Å². The third-order valence-corrected chi connectivity index (χ3v) is 6.59. The van der Waals surface area contributed by atoms with E-state index in [1.165, 1.54) is 11.1 Å². The highest BCUT2D eigenvalue weighted by atomic mass is 16.3. The topological polar surface area (TPSA) is 76.1 Å². The van der Waals surface area contributed by atoms with Crippen LogP contribution in [-0.4, -0.2) is 83.5 Å². The standard InChI is InChI=1S/C26H34N4O3/c1-20(31)30-13-11-28(12-14-30)17-21-5-4-8-23(15-21)26(33)27-16-25(32)19-29-10-9-22-6-2-3-7-24(22)18-29/h2-8,15,25,32H,9-14,16-19H2,1H3,(H,27,33). The van der Waals surface area contributed by atoms with Crippen LogP contribution >= 0.6 is 0 Å². The molecular formula is C26H34N4O3. The molecule has 0 aromatic heterocycles. The summed E-state index contributed by atoms with van der Waals surface area (Å²) in [5.74, 6) is -0.0399. The second-order valence-corrected chi connectivity index (χ2v) is 9.10. The maximum Gasteiger partial charge on any atom is 0.251 e. The fraction of sp³-hybridized carbons (Fsp3) is 0.462. The van der Waals surface area contributed by atoms with Gasteiger partial charge in [-0.15, -0.1) is 0 Å². The van der Waals surface area contributed by atoms with Gasteiger partial charge in [-0.05, 0) is 35.2 Å². The fourth-order valence-electron chi connectivity index (χ4n) is 4.68. The molecule has 33 heavy (non-hydrogen) atoms. The van der Waals surface area contributed by atoms with Crippen molar-refractivity contribution in [2.75, 3.05) is 45.8 Å². The normalized spacial score (nSPS) is 17.9. The number of nitrogens with one attached hydrogen (secondary N) is 1. The molecule has 2 amide bonds. The average molecular weight is 451 g/mol. The number of piperazine rings is 1. The zero-order valence-corrected chi connectivity index (χ0v) is 19.4. The number of carbonyl (C=O) groups is 2. The first kappa shape index (κ1) is 23.4. The second kappa shape index (κ2) is 10.9. The van der Waals surface area contributed by atoms with Gasteiger partial charge in [0, 0.05) is 71.4 Å². The van der Waals surface area contributed by atoms with E-state index in [0.717, 1.165) is 57.8 Å². The predicted molar refractivity (Wildman–Crippen MR) is 128 cm³/mol. The minimum atomic E-state index is -0.611. The second-order valence-electron chi connectivity index (χ2n) is 9.10. The van der Waals surface area contributed by atoms with Gasteiger partial charge in [-0.1, -0.05) is 36.4 Å². The first-order valence-electron chi connectivity index (χ1n) is 11.8. The fourth-order valence-corrected chi connectivity index (χ4v) is 4.68. The summed E-state index contributed by atoms with van der Waals surface area (Å²) in [7, 11) is 0. The lowest BCUT2D eigenvalue weighted by atomic mass is 10.00. The molecule has 7 nitrogen and oxygen atoms in total. The number of fused-ring (bicyclic) bond motifs is 1. The molecule has 1 atom stereocenters. The summed E-state index contributed by atoms with van der Waals surface area (Å²) in [6, 6.07) is 16.1. The molecule has 0 bridgehead atoms. The van der Waals surface area contributed by atoms with E-state index in [9.17, 15) is 14.7 Å². The van der Waals surface area contributed by atoms with Crippen molar-refractivity contribution in [3.05, 3.63) is 70.8 Å². The van der Waals surface area contributed by atoms with Crippen molar-refractivity contribution in [3.8, 4) is 0 Å². The van der Waals surface area contributed by atoms with Crippen molar-refractivity contribution in [1.82, 2.24) is 20.0 Å². The largest absolute Gasteiger partial charge is 0.390 e. The van der Waals surface area contributed by atoms with Gasteiger partial charge in [0.05, 0.1) is 6.10 Å². The lowest BCUT2D eigenvalue weighted by molar-refractivity contribution is -0.130. The minimum Gasteiger partial charge on any atom is -0.390 e. The molecule has 1 unspecified atom stereocenters. The number of nitrogens with zero attached hydrogens (tertiary/aromatic N) is 3. The third kappa shape index (κ3) is 6.41. The number of benzene rings is 2. The van der Waals surface area contributed by atoms with Crippen molar-refractivity contribution < 1.29 is 14.7 Å². The van der Waals surface area contributed by atoms with Crippen LogP contribution in [0.3, 0.4) is 0 Å². The Morgan fingerprint density at radius 1 is 0.970 bits per heavy atom.